The molecule has 1 aliphatic heterocycles. The largest absolute Gasteiger partial charge is 0.477 e. The molecule has 1 atom stereocenters. The molecule has 3 aliphatic rings. The Labute approximate surface area is 164 Å². The van der Waals surface area contributed by atoms with Crippen LogP contribution < -0.4 is 5.43 Å². The zero-order valence-electron chi connectivity index (χ0n) is 16.6. The molecule has 4 nitrogen and oxygen atoms in total. The summed E-state index contributed by atoms with van der Waals surface area (Å²) in [4.78, 5) is 24.1. The third kappa shape index (κ3) is 2.50. The Morgan fingerprint density at radius 1 is 1.18 bits per heavy atom. The molecule has 0 unspecified atom stereocenters. The van der Waals surface area contributed by atoms with Crippen LogP contribution in [0.15, 0.2) is 35.3 Å². The number of carboxylic acids is 1. The van der Waals surface area contributed by atoms with E-state index in [0.29, 0.717) is 5.92 Å². The molecule has 144 valence electrons. The van der Waals surface area contributed by atoms with E-state index >= 15 is 0 Å². The minimum Gasteiger partial charge on any atom is -0.477 e. The van der Waals surface area contributed by atoms with Crippen LogP contribution in [0.3, 0.4) is 0 Å². The van der Waals surface area contributed by atoms with Gasteiger partial charge in [0, 0.05) is 30.4 Å². The maximum atomic E-state index is 12.5. The highest BCUT2D eigenvalue weighted by Gasteiger charge is 2.39. The van der Waals surface area contributed by atoms with E-state index in [1.807, 2.05) is 0 Å². The number of fused-ring (bicyclic) bond motifs is 4. The normalized spacial score (nSPS) is 20.6. The van der Waals surface area contributed by atoms with Crippen LogP contribution in [0.4, 0.5) is 0 Å². The number of aromatic carboxylic acids is 1. The molecule has 1 aromatic heterocycles. The molecule has 2 aromatic rings. The lowest BCUT2D eigenvalue weighted by Gasteiger charge is -2.39. The topological polar surface area (TPSA) is 59.3 Å². The standard InChI is InChI=1S/C24H25NO3/c1-24(2,3)22-10-17-15-6-4-5-14(13-7-8-13)16(15)9-18(17)20-11-21(26)19(23(27)28)12-25(20)22/h4-6,11-13,22H,7-10H2,1-3H3,(H,27,28)/t22-/m0/s1. The summed E-state index contributed by atoms with van der Waals surface area (Å²) in [6, 6.07) is 8.32. The Morgan fingerprint density at radius 3 is 2.57 bits per heavy atom. The van der Waals surface area contributed by atoms with Gasteiger partial charge < -0.3 is 9.67 Å². The number of aromatic nitrogens is 1. The van der Waals surface area contributed by atoms with Gasteiger partial charge in [-0.05, 0) is 58.4 Å². The van der Waals surface area contributed by atoms with E-state index < -0.39 is 11.4 Å². The van der Waals surface area contributed by atoms with Gasteiger partial charge in [0.2, 0.25) is 0 Å². The van der Waals surface area contributed by atoms with Crippen LogP contribution in [-0.4, -0.2) is 15.6 Å². The van der Waals surface area contributed by atoms with Gasteiger partial charge in [0.05, 0.1) is 0 Å². The molecule has 4 heteroatoms. The van der Waals surface area contributed by atoms with E-state index in [9.17, 15) is 14.7 Å². The van der Waals surface area contributed by atoms with Crippen molar-refractivity contribution in [2.45, 2.75) is 58.4 Å². The molecule has 28 heavy (non-hydrogen) atoms. The number of allylic oxidation sites excluding steroid dienone is 2. The van der Waals surface area contributed by atoms with E-state index in [1.165, 1.54) is 40.7 Å². The second-order valence-electron chi connectivity index (χ2n) is 9.52. The molecule has 1 saturated carbocycles. The number of nitrogens with zero attached hydrogens (tertiary/aromatic N) is 1. The second-order valence-corrected chi connectivity index (χ2v) is 9.52. The van der Waals surface area contributed by atoms with Crippen molar-refractivity contribution in [3.8, 4) is 0 Å². The maximum Gasteiger partial charge on any atom is 0.341 e. The second kappa shape index (κ2) is 5.69. The first kappa shape index (κ1) is 17.5. The van der Waals surface area contributed by atoms with Crippen LogP contribution in [0.2, 0.25) is 0 Å². The molecule has 0 bridgehead atoms. The SMILES string of the molecule is CC(C)(C)[C@@H]1CC2=C(Cc3c2cccc3C2CC2)c2cc(=O)c(C(=O)O)cn21. The van der Waals surface area contributed by atoms with E-state index in [2.05, 4.69) is 43.5 Å². The van der Waals surface area contributed by atoms with Gasteiger partial charge in [-0.2, -0.15) is 0 Å². The molecule has 1 fully saturated rings. The highest BCUT2D eigenvalue weighted by molar-refractivity contribution is 5.98. The van der Waals surface area contributed by atoms with Gasteiger partial charge in [-0.15, -0.1) is 0 Å². The van der Waals surface area contributed by atoms with Gasteiger partial charge in [0.15, 0.2) is 5.43 Å². The van der Waals surface area contributed by atoms with Gasteiger partial charge in [-0.1, -0.05) is 39.0 Å². The number of carboxylic acid groups (broad SMARTS) is 1. The highest BCUT2D eigenvalue weighted by atomic mass is 16.4. The molecule has 0 amide bonds. The summed E-state index contributed by atoms with van der Waals surface area (Å²) in [7, 11) is 0. The predicted molar refractivity (Wildman–Crippen MR) is 110 cm³/mol. The van der Waals surface area contributed by atoms with E-state index in [0.717, 1.165) is 18.5 Å². The van der Waals surface area contributed by atoms with Crippen LogP contribution in [0.1, 0.15) is 84.7 Å². The number of carbonyl (C=O) groups is 1. The molecule has 1 N–H and O–H groups in total. The lowest BCUT2D eigenvalue weighted by Crippen LogP contribution is -2.32. The predicted octanol–water partition coefficient (Wildman–Crippen LogP) is 4.88. The summed E-state index contributed by atoms with van der Waals surface area (Å²) in [5, 5.41) is 9.46. The van der Waals surface area contributed by atoms with E-state index in [1.54, 1.807) is 12.3 Å². The summed E-state index contributed by atoms with van der Waals surface area (Å²) in [6.07, 6.45) is 5.83. The minimum atomic E-state index is -1.15. The highest BCUT2D eigenvalue weighted by Crippen LogP contribution is 2.53. The average molecular weight is 375 g/mol. The average Bonchev–Trinajstić information content (AvgIpc) is 3.39. The first-order chi connectivity index (χ1) is 13.3. The first-order valence-corrected chi connectivity index (χ1v) is 10.1. The van der Waals surface area contributed by atoms with Crippen molar-refractivity contribution in [2.24, 2.45) is 5.41 Å². The minimum absolute atomic E-state index is 0.0605. The summed E-state index contributed by atoms with van der Waals surface area (Å²) in [5.41, 5.74) is 7.08. The van der Waals surface area contributed by atoms with Crippen molar-refractivity contribution in [2.75, 3.05) is 0 Å². The monoisotopic (exact) mass is 375 g/mol. The first-order valence-electron chi connectivity index (χ1n) is 10.1. The zero-order chi connectivity index (χ0) is 19.8. The van der Waals surface area contributed by atoms with Crippen molar-refractivity contribution in [3.05, 3.63) is 68.6 Å². The van der Waals surface area contributed by atoms with Gasteiger partial charge in [0.1, 0.15) is 5.56 Å². The number of rotatable bonds is 2. The Bertz CT molecular complexity index is 1110. The van der Waals surface area contributed by atoms with E-state index in [4.69, 9.17) is 0 Å². The number of benzene rings is 1. The molecule has 0 spiro atoms. The lowest BCUT2D eigenvalue weighted by atomic mass is 9.78. The van der Waals surface area contributed by atoms with Crippen LogP contribution in [0.5, 0.6) is 0 Å². The Hall–Kier alpha value is -2.62. The molecule has 1 aromatic carbocycles. The molecule has 0 saturated heterocycles. The van der Waals surface area contributed by atoms with Crippen LogP contribution in [0.25, 0.3) is 11.1 Å². The molecule has 2 aliphatic carbocycles. The smallest absolute Gasteiger partial charge is 0.341 e. The molecular weight excluding hydrogens is 350 g/mol. The van der Waals surface area contributed by atoms with Gasteiger partial charge in [-0.25, -0.2) is 4.79 Å². The van der Waals surface area contributed by atoms with Crippen molar-refractivity contribution in [1.82, 2.24) is 4.57 Å². The van der Waals surface area contributed by atoms with Crippen LogP contribution in [0, 0.1) is 5.41 Å². The number of hydrogen-bond acceptors (Lipinski definition) is 2. The van der Waals surface area contributed by atoms with Crippen molar-refractivity contribution in [3.63, 3.8) is 0 Å². The van der Waals surface area contributed by atoms with Crippen LogP contribution in [-0.2, 0) is 6.42 Å². The molecular formula is C24H25NO3. The third-order valence-electron chi connectivity index (χ3n) is 6.62. The van der Waals surface area contributed by atoms with Gasteiger partial charge in [-0.3, -0.25) is 4.79 Å². The number of pyridine rings is 1. The summed E-state index contributed by atoms with van der Waals surface area (Å²) in [5.74, 6) is -0.468. The van der Waals surface area contributed by atoms with Gasteiger partial charge in [0.25, 0.3) is 0 Å². The quantitative estimate of drug-likeness (QED) is 0.814. The summed E-state index contributed by atoms with van der Waals surface area (Å²) < 4.78 is 2.06. The lowest BCUT2D eigenvalue weighted by molar-refractivity contribution is 0.0693. The molecule has 2 heterocycles. The number of hydrogen-bond donors (Lipinski definition) is 1. The van der Waals surface area contributed by atoms with Crippen molar-refractivity contribution in [1.29, 1.82) is 0 Å². The van der Waals surface area contributed by atoms with Crippen molar-refractivity contribution < 1.29 is 9.90 Å². The third-order valence-corrected chi connectivity index (χ3v) is 6.62. The fourth-order valence-electron chi connectivity index (χ4n) is 5.01. The summed E-state index contributed by atoms with van der Waals surface area (Å²) in [6.45, 7) is 6.55. The molecule has 5 rings (SSSR count). The Kier molecular flexibility index (Phi) is 3.55. The fourth-order valence-corrected chi connectivity index (χ4v) is 5.01. The van der Waals surface area contributed by atoms with Crippen LogP contribution >= 0.6 is 0 Å². The van der Waals surface area contributed by atoms with Gasteiger partial charge >= 0.3 is 5.97 Å². The van der Waals surface area contributed by atoms with E-state index in [-0.39, 0.29) is 17.0 Å². The Balaban J connectivity index is 1.73. The Morgan fingerprint density at radius 2 is 1.93 bits per heavy atom. The summed E-state index contributed by atoms with van der Waals surface area (Å²) >= 11 is 0. The fraction of sp³-hybridized carbons (Fsp3) is 0.417. The zero-order valence-corrected chi connectivity index (χ0v) is 16.6. The van der Waals surface area contributed by atoms with Crippen molar-refractivity contribution >= 4 is 17.1 Å². The maximum absolute atomic E-state index is 12.5. The molecule has 0 radical (unpaired) electrons.